The smallest absolute Gasteiger partial charge is 0.211 e. The minimum atomic E-state index is 0.0378. The number of carbonyl (C=O) groups excluding carboxylic acids is 1. The van der Waals surface area contributed by atoms with Gasteiger partial charge in [-0.15, -0.1) is 0 Å². The van der Waals surface area contributed by atoms with Gasteiger partial charge in [-0.25, -0.2) is 0 Å². The third-order valence-electron chi connectivity index (χ3n) is 5.30. The molecule has 0 spiro atoms. The van der Waals surface area contributed by atoms with Crippen LogP contribution in [0.25, 0.3) is 0 Å². The van der Waals surface area contributed by atoms with E-state index in [1.807, 2.05) is 30.3 Å². The number of likely N-dealkylation sites (tertiary alicyclic amines) is 1. The van der Waals surface area contributed by atoms with E-state index in [1.165, 1.54) is 25.7 Å². The Morgan fingerprint density at radius 3 is 2.48 bits per heavy atom. The van der Waals surface area contributed by atoms with Crippen molar-refractivity contribution in [2.45, 2.75) is 32.2 Å². The second-order valence-electron chi connectivity index (χ2n) is 7.06. The molecule has 0 radical (unpaired) electrons. The molecule has 130 valence electrons. The van der Waals surface area contributed by atoms with Crippen molar-refractivity contribution in [3.05, 3.63) is 59.4 Å². The summed E-state index contributed by atoms with van der Waals surface area (Å²) in [6.07, 6.45) is 6.74. The van der Waals surface area contributed by atoms with Crippen LogP contribution >= 0.6 is 0 Å². The monoisotopic (exact) mass is 335 g/mol. The zero-order valence-corrected chi connectivity index (χ0v) is 14.7. The summed E-state index contributed by atoms with van der Waals surface area (Å²) in [7, 11) is 0. The molecule has 0 amide bonds. The van der Waals surface area contributed by atoms with Crippen molar-refractivity contribution in [1.29, 1.82) is 0 Å². The first-order valence-electron chi connectivity index (χ1n) is 9.37. The number of ketones is 1. The van der Waals surface area contributed by atoms with Crippen LogP contribution < -0.4 is 4.90 Å². The molecule has 4 heteroatoms. The molecule has 0 saturated carbocycles. The van der Waals surface area contributed by atoms with Gasteiger partial charge in [0.2, 0.25) is 5.78 Å². The maximum Gasteiger partial charge on any atom is 0.211 e. The Kier molecular flexibility index (Phi) is 4.79. The normalized spacial score (nSPS) is 18.0. The maximum absolute atomic E-state index is 13.1. The van der Waals surface area contributed by atoms with Crippen molar-refractivity contribution in [2.75, 3.05) is 31.1 Å². The van der Waals surface area contributed by atoms with E-state index < -0.39 is 0 Å². The van der Waals surface area contributed by atoms with Crippen LogP contribution in [0.4, 0.5) is 5.69 Å². The highest BCUT2D eigenvalue weighted by molar-refractivity contribution is 6.09. The minimum Gasteiger partial charge on any atom is -0.371 e. The molecule has 3 heterocycles. The van der Waals surface area contributed by atoms with Crippen LogP contribution in [0.3, 0.4) is 0 Å². The molecule has 2 saturated heterocycles. The molecular weight excluding hydrogens is 310 g/mol. The van der Waals surface area contributed by atoms with Gasteiger partial charge in [0.1, 0.15) is 5.69 Å². The lowest BCUT2D eigenvalue weighted by Crippen LogP contribution is -2.21. The first-order valence-corrected chi connectivity index (χ1v) is 9.37. The molecule has 25 heavy (non-hydrogen) atoms. The van der Waals surface area contributed by atoms with Gasteiger partial charge < -0.3 is 4.90 Å². The van der Waals surface area contributed by atoms with E-state index in [4.69, 9.17) is 0 Å². The second kappa shape index (κ2) is 7.36. The van der Waals surface area contributed by atoms with Gasteiger partial charge in [0.25, 0.3) is 0 Å². The number of hydrogen-bond acceptors (Lipinski definition) is 4. The lowest BCUT2D eigenvalue weighted by molar-refractivity contribution is 0.103. The topological polar surface area (TPSA) is 36.4 Å². The summed E-state index contributed by atoms with van der Waals surface area (Å²) in [4.78, 5) is 22.3. The van der Waals surface area contributed by atoms with E-state index in [1.54, 1.807) is 6.20 Å². The highest BCUT2D eigenvalue weighted by Gasteiger charge is 2.20. The van der Waals surface area contributed by atoms with Gasteiger partial charge in [0.15, 0.2) is 0 Å². The largest absolute Gasteiger partial charge is 0.371 e. The Hall–Kier alpha value is -2.20. The molecule has 2 aliphatic rings. The van der Waals surface area contributed by atoms with Crippen LogP contribution in [0, 0.1) is 0 Å². The van der Waals surface area contributed by atoms with Crippen LogP contribution in [0.2, 0.25) is 0 Å². The maximum atomic E-state index is 13.1. The molecule has 0 bridgehead atoms. The van der Waals surface area contributed by atoms with Gasteiger partial charge in [0.05, 0.1) is 0 Å². The third kappa shape index (κ3) is 3.59. The van der Waals surface area contributed by atoms with E-state index in [0.717, 1.165) is 49.5 Å². The van der Waals surface area contributed by atoms with E-state index in [0.29, 0.717) is 5.69 Å². The summed E-state index contributed by atoms with van der Waals surface area (Å²) in [5.41, 5.74) is 3.58. The fourth-order valence-electron chi connectivity index (χ4n) is 3.91. The number of benzene rings is 1. The summed E-state index contributed by atoms with van der Waals surface area (Å²) in [6.45, 7) is 5.26. The second-order valence-corrected chi connectivity index (χ2v) is 7.06. The minimum absolute atomic E-state index is 0.0378. The molecule has 4 rings (SSSR count). The zero-order chi connectivity index (χ0) is 17.1. The van der Waals surface area contributed by atoms with Crippen LogP contribution in [0.15, 0.2) is 42.6 Å². The first kappa shape index (κ1) is 16.3. The first-order chi connectivity index (χ1) is 12.3. The van der Waals surface area contributed by atoms with Crippen molar-refractivity contribution in [3.8, 4) is 0 Å². The van der Waals surface area contributed by atoms with E-state index in [2.05, 4.69) is 20.9 Å². The van der Waals surface area contributed by atoms with Crippen LogP contribution in [0.1, 0.15) is 47.3 Å². The summed E-state index contributed by atoms with van der Waals surface area (Å²) in [5, 5.41) is 0. The van der Waals surface area contributed by atoms with Crippen LogP contribution in [-0.2, 0) is 6.54 Å². The Morgan fingerprint density at radius 1 is 0.960 bits per heavy atom. The van der Waals surface area contributed by atoms with E-state index in [9.17, 15) is 4.79 Å². The van der Waals surface area contributed by atoms with Crippen molar-refractivity contribution < 1.29 is 4.79 Å². The summed E-state index contributed by atoms with van der Waals surface area (Å²) < 4.78 is 0. The summed E-state index contributed by atoms with van der Waals surface area (Å²) >= 11 is 0. The molecule has 0 atom stereocenters. The highest BCUT2D eigenvalue weighted by atomic mass is 16.1. The molecule has 0 aliphatic carbocycles. The average Bonchev–Trinajstić information content (AvgIpc) is 3.36. The fourth-order valence-corrected chi connectivity index (χ4v) is 3.91. The Labute approximate surface area is 149 Å². The number of nitrogens with zero attached hydrogens (tertiary/aromatic N) is 3. The molecule has 0 N–H and O–H groups in total. The van der Waals surface area contributed by atoms with E-state index in [-0.39, 0.29) is 5.78 Å². The lowest BCUT2D eigenvalue weighted by Gasteiger charge is -2.19. The molecule has 2 aliphatic heterocycles. The molecule has 1 aromatic carbocycles. The lowest BCUT2D eigenvalue weighted by atomic mass is 10.0. The fraction of sp³-hybridized carbons (Fsp3) is 0.429. The standard InChI is InChI=1S/C21H25N3O/c25-21(20-15-18(9-10-22-20)24-13-5-6-14-24)19-8-2-1-7-17(19)16-23-11-3-4-12-23/h1-2,7-10,15H,3-6,11-14,16H2. The average molecular weight is 335 g/mol. The number of anilines is 1. The Bertz CT molecular complexity index is 746. The van der Waals surface area contributed by atoms with Crippen LogP contribution in [0.5, 0.6) is 0 Å². The van der Waals surface area contributed by atoms with Crippen molar-refractivity contribution in [3.63, 3.8) is 0 Å². The Balaban J connectivity index is 1.59. The molecule has 2 fully saturated rings. The van der Waals surface area contributed by atoms with Crippen molar-refractivity contribution in [1.82, 2.24) is 9.88 Å². The number of pyridine rings is 1. The van der Waals surface area contributed by atoms with Gasteiger partial charge in [0, 0.05) is 37.1 Å². The number of carbonyl (C=O) groups is 1. The predicted molar refractivity (Wildman–Crippen MR) is 100 cm³/mol. The van der Waals surface area contributed by atoms with Gasteiger partial charge in [-0.3, -0.25) is 14.7 Å². The quantitative estimate of drug-likeness (QED) is 0.784. The SMILES string of the molecule is O=C(c1cc(N2CCCC2)ccn1)c1ccccc1CN1CCCC1. The number of aromatic nitrogens is 1. The summed E-state index contributed by atoms with van der Waals surface area (Å²) in [6, 6.07) is 12.0. The third-order valence-corrected chi connectivity index (χ3v) is 5.30. The molecule has 0 unspecified atom stereocenters. The highest BCUT2D eigenvalue weighted by Crippen LogP contribution is 2.23. The van der Waals surface area contributed by atoms with Gasteiger partial charge in [-0.05, 0) is 56.5 Å². The number of rotatable bonds is 5. The van der Waals surface area contributed by atoms with Crippen molar-refractivity contribution in [2.24, 2.45) is 0 Å². The van der Waals surface area contributed by atoms with Gasteiger partial charge in [-0.1, -0.05) is 24.3 Å². The molecule has 1 aromatic heterocycles. The van der Waals surface area contributed by atoms with E-state index >= 15 is 0 Å². The van der Waals surface area contributed by atoms with Crippen molar-refractivity contribution >= 4 is 11.5 Å². The molecule has 4 nitrogen and oxygen atoms in total. The zero-order valence-electron chi connectivity index (χ0n) is 14.7. The summed E-state index contributed by atoms with van der Waals surface area (Å²) in [5.74, 6) is 0.0378. The Morgan fingerprint density at radius 2 is 1.68 bits per heavy atom. The number of hydrogen-bond donors (Lipinski definition) is 0. The van der Waals surface area contributed by atoms with Gasteiger partial charge in [-0.2, -0.15) is 0 Å². The molecular formula is C21H25N3O. The van der Waals surface area contributed by atoms with Crippen LogP contribution in [-0.4, -0.2) is 41.8 Å². The van der Waals surface area contributed by atoms with Gasteiger partial charge >= 0.3 is 0 Å². The predicted octanol–water partition coefficient (Wildman–Crippen LogP) is 3.51. The molecule has 2 aromatic rings.